The van der Waals surface area contributed by atoms with Crippen LogP contribution in [0.3, 0.4) is 0 Å². The molecule has 0 aliphatic rings. The second kappa shape index (κ2) is 8.29. The van der Waals surface area contributed by atoms with Crippen LogP contribution in [0, 0.1) is 5.92 Å². The number of hydrogen-bond donors (Lipinski definition) is 1. The summed E-state index contributed by atoms with van der Waals surface area (Å²) >= 11 is 0. The first-order chi connectivity index (χ1) is 8.18. The maximum absolute atomic E-state index is 4.04. The molecule has 3 heteroatoms. The lowest BCUT2D eigenvalue weighted by Gasteiger charge is -2.14. The minimum atomic E-state index is 0.658. The van der Waals surface area contributed by atoms with Gasteiger partial charge in [-0.3, -0.25) is 0 Å². The maximum atomic E-state index is 4.04. The molecule has 0 bridgehead atoms. The quantitative estimate of drug-likeness (QED) is 0.669. The normalized spacial score (nSPS) is 13.2. The molecule has 1 rings (SSSR count). The minimum absolute atomic E-state index is 0.658. The summed E-state index contributed by atoms with van der Waals surface area (Å²) in [5.41, 5.74) is 0. The molecule has 0 aliphatic carbocycles. The number of unbranched alkanes of at least 4 members (excludes halogenated alkanes) is 1. The fourth-order valence-corrected chi connectivity index (χ4v) is 1.87. The van der Waals surface area contributed by atoms with Crippen molar-refractivity contribution in [3.05, 3.63) is 18.7 Å². The van der Waals surface area contributed by atoms with Crippen LogP contribution < -0.4 is 5.32 Å². The second-order valence-electron chi connectivity index (χ2n) is 5.33. The van der Waals surface area contributed by atoms with Crippen molar-refractivity contribution >= 4 is 0 Å². The van der Waals surface area contributed by atoms with Gasteiger partial charge in [0.05, 0.1) is 6.33 Å². The van der Waals surface area contributed by atoms with Crippen molar-refractivity contribution < 1.29 is 0 Å². The zero-order valence-corrected chi connectivity index (χ0v) is 11.5. The Hall–Kier alpha value is -0.830. The Bertz CT molecular complexity index is 267. The highest BCUT2D eigenvalue weighted by Crippen LogP contribution is 2.06. The SMILES string of the molecule is CC(C)CCC(C)NCCCCn1ccnc1. The smallest absolute Gasteiger partial charge is 0.0945 e. The van der Waals surface area contributed by atoms with Crippen LogP contribution in [0.25, 0.3) is 0 Å². The summed E-state index contributed by atoms with van der Waals surface area (Å²) in [5.74, 6) is 0.820. The Morgan fingerprint density at radius 3 is 2.65 bits per heavy atom. The third-order valence-corrected chi connectivity index (χ3v) is 3.07. The van der Waals surface area contributed by atoms with E-state index in [1.54, 1.807) is 0 Å². The van der Waals surface area contributed by atoms with E-state index >= 15 is 0 Å². The standard InChI is InChI=1S/C14H27N3/c1-13(2)6-7-14(3)16-8-4-5-10-17-11-9-15-12-17/h9,11-14,16H,4-8,10H2,1-3H3. The first-order valence-electron chi connectivity index (χ1n) is 6.87. The fraction of sp³-hybridized carbons (Fsp3) is 0.786. The molecule has 1 atom stereocenters. The molecule has 98 valence electrons. The van der Waals surface area contributed by atoms with Crippen LogP contribution in [-0.4, -0.2) is 22.1 Å². The van der Waals surface area contributed by atoms with Crippen LogP contribution >= 0.6 is 0 Å². The van der Waals surface area contributed by atoms with Gasteiger partial charge in [-0.1, -0.05) is 13.8 Å². The number of imidazole rings is 1. The predicted molar refractivity (Wildman–Crippen MR) is 73.0 cm³/mol. The van der Waals surface area contributed by atoms with Crippen molar-refractivity contribution in [1.82, 2.24) is 14.9 Å². The summed E-state index contributed by atoms with van der Waals surface area (Å²) in [5, 5.41) is 3.59. The number of aryl methyl sites for hydroxylation is 1. The van der Waals surface area contributed by atoms with Gasteiger partial charge in [-0.05, 0) is 45.1 Å². The molecular weight excluding hydrogens is 210 g/mol. The minimum Gasteiger partial charge on any atom is -0.337 e. The van der Waals surface area contributed by atoms with E-state index < -0.39 is 0 Å². The zero-order chi connectivity index (χ0) is 12.5. The largest absolute Gasteiger partial charge is 0.337 e. The van der Waals surface area contributed by atoms with Crippen LogP contribution in [0.15, 0.2) is 18.7 Å². The Balaban J connectivity index is 1.93. The maximum Gasteiger partial charge on any atom is 0.0945 e. The molecule has 3 nitrogen and oxygen atoms in total. The van der Waals surface area contributed by atoms with E-state index in [0.29, 0.717) is 6.04 Å². The topological polar surface area (TPSA) is 29.9 Å². The summed E-state index contributed by atoms with van der Waals surface area (Å²) in [4.78, 5) is 4.04. The average Bonchev–Trinajstić information content (AvgIpc) is 2.79. The molecule has 17 heavy (non-hydrogen) atoms. The lowest BCUT2D eigenvalue weighted by Crippen LogP contribution is -2.27. The van der Waals surface area contributed by atoms with E-state index in [4.69, 9.17) is 0 Å². The average molecular weight is 237 g/mol. The summed E-state index contributed by atoms with van der Waals surface area (Å²) in [6.45, 7) is 9.09. The van der Waals surface area contributed by atoms with Crippen LogP contribution in [0.5, 0.6) is 0 Å². The molecule has 0 amide bonds. The molecule has 0 spiro atoms. The third kappa shape index (κ3) is 7.16. The second-order valence-corrected chi connectivity index (χ2v) is 5.33. The zero-order valence-electron chi connectivity index (χ0n) is 11.5. The predicted octanol–water partition coefficient (Wildman–Crippen LogP) is 3.08. The molecule has 1 N–H and O–H groups in total. The fourth-order valence-electron chi connectivity index (χ4n) is 1.87. The highest BCUT2D eigenvalue weighted by molar-refractivity contribution is 4.73. The molecular formula is C14H27N3. The van der Waals surface area contributed by atoms with Crippen molar-refractivity contribution in [1.29, 1.82) is 0 Å². The van der Waals surface area contributed by atoms with Gasteiger partial charge in [0.25, 0.3) is 0 Å². The van der Waals surface area contributed by atoms with E-state index in [1.165, 1.54) is 25.7 Å². The molecule has 0 aromatic carbocycles. The van der Waals surface area contributed by atoms with E-state index in [0.717, 1.165) is 19.0 Å². The molecule has 1 aromatic heterocycles. The van der Waals surface area contributed by atoms with E-state index in [-0.39, 0.29) is 0 Å². The molecule has 0 radical (unpaired) electrons. The Morgan fingerprint density at radius 2 is 2.00 bits per heavy atom. The molecule has 1 aromatic rings. The van der Waals surface area contributed by atoms with Crippen molar-refractivity contribution in [3.8, 4) is 0 Å². The van der Waals surface area contributed by atoms with Crippen LogP contribution in [0.2, 0.25) is 0 Å². The van der Waals surface area contributed by atoms with Gasteiger partial charge in [0.2, 0.25) is 0 Å². The Labute approximate surface area is 106 Å². The first-order valence-corrected chi connectivity index (χ1v) is 6.87. The van der Waals surface area contributed by atoms with Crippen molar-refractivity contribution in [2.75, 3.05) is 6.54 Å². The van der Waals surface area contributed by atoms with Crippen molar-refractivity contribution in [2.45, 2.75) is 59.0 Å². The van der Waals surface area contributed by atoms with Gasteiger partial charge in [-0.2, -0.15) is 0 Å². The van der Waals surface area contributed by atoms with Crippen molar-refractivity contribution in [3.63, 3.8) is 0 Å². The van der Waals surface area contributed by atoms with E-state index in [2.05, 4.69) is 35.6 Å². The number of nitrogens with one attached hydrogen (secondary N) is 1. The summed E-state index contributed by atoms with van der Waals surface area (Å²) in [6, 6.07) is 0.658. The highest BCUT2D eigenvalue weighted by Gasteiger charge is 2.02. The summed E-state index contributed by atoms with van der Waals surface area (Å²) < 4.78 is 2.14. The van der Waals surface area contributed by atoms with Crippen molar-refractivity contribution in [2.24, 2.45) is 5.92 Å². The third-order valence-electron chi connectivity index (χ3n) is 3.07. The van der Waals surface area contributed by atoms with Crippen LogP contribution in [0.1, 0.15) is 46.5 Å². The van der Waals surface area contributed by atoms with Gasteiger partial charge in [-0.25, -0.2) is 4.98 Å². The Kier molecular flexibility index (Phi) is 6.94. The number of aromatic nitrogens is 2. The number of nitrogens with zero attached hydrogens (tertiary/aromatic N) is 2. The number of hydrogen-bond acceptors (Lipinski definition) is 2. The van der Waals surface area contributed by atoms with Gasteiger partial charge in [0.1, 0.15) is 0 Å². The molecule has 0 saturated heterocycles. The molecule has 1 heterocycles. The van der Waals surface area contributed by atoms with E-state index in [1.807, 2.05) is 18.7 Å². The highest BCUT2D eigenvalue weighted by atomic mass is 15.0. The number of rotatable bonds is 9. The summed E-state index contributed by atoms with van der Waals surface area (Å²) in [6.07, 6.45) is 10.8. The molecule has 0 saturated carbocycles. The van der Waals surface area contributed by atoms with Gasteiger partial charge >= 0.3 is 0 Å². The van der Waals surface area contributed by atoms with Gasteiger partial charge < -0.3 is 9.88 Å². The lowest BCUT2D eigenvalue weighted by molar-refractivity contribution is 0.442. The van der Waals surface area contributed by atoms with Crippen LogP contribution in [-0.2, 0) is 6.54 Å². The van der Waals surface area contributed by atoms with E-state index in [9.17, 15) is 0 Å². The van der Waals surface area contributed by atoms with Gasteiger partial charge in [0.15, 0.2) is 0 Å². The van der Waals surface area contributed by atoms with Gasteiger partial charge in [-0.15, -0.1) is 0 Å². The molecule has 0 fully saturated rings. The lowest BCUT2D eigenvalue weighted by atomic mass is 10.0. The first kappa shape index (κ1) is 14.2. The van der Waals surface area contributed by atoms with Crippen LogP contribution in [0.4, 0.5) is 0 Å². The monoisotopic (exact) mass is 237 g/mol. The van der Waals surface area contributed by atoms with Gasteiger partial charge in [0, 0.05) is 25.0 Å². The molecule has 1 unspecified atom stereocenters. The molecule has 0 aliphatic heterocycles. The Morgan fingerprint density at radius 1 is 1.18 bits per heavy atom. The summed E-state index contributed by atoms with van der Waals surface area (Å²) in [7, 11) is 0.